The molecule has 0 saturated carbocycles. The summed E-state index contributed by atoms with van der Waals surface area (Å²) in [6, 6.07) is 5.06. The van der Waals surface area contributed by atoms with Crippen LogP contribution in [-0.4, -0.2) is 30.5 Å². The van der Waals surface area contributed by atoms with Crippen molar-refractivity contribution in [3.63, 3.8) is 0 Å². The van der Waals surface area contributed by atoms with Crippen molar-refractivity contribution in [1.29, 1.82) is 0 Å². The Morgan fingerprint density at radius 2 is 2.20 bits per heavy atom. The highest BCUT2D eigenvalue weighted by Gasteiger charge is 2.10. The summed E-state index contributed by atoms with van der Waals surface area (Å²) in [7, 11) is 0. The van der Waals surface area contributed by atoms with E-state index in [1.165, 1.54) is 0 Å². The Morgan fingerprint density at radius 3 is 2.80 bits per heavy atom. The van der Waals surface area contributed by atoms with Crippen LogP contribution in [-0.2, 0) is 9.53 Å². The van der Waals surface area contributed by atoms with E-state index in [1.54, 1.807) is 18.2 Å². The number of ether oxygens (including phenoxy) is 1. The molecule has 0 aliphatic rings. The van der Waals surface area contributed by atoms with Gasteiger partial charge >= 0.3 is 0 Å². The molecule has 0 saturated heterocycles. The van der Waals surface area contributed by atoms with Crippen molar-refractivity contribution in [3.8, 4) is 0 Å². The summed E-state index contributed by atoms with van der Waals surface area (Å²) < 4.78 is 29.1. The zero-order valence-corrected chi connectivity index (χ0v) is 12.8. The molecule has 0 radical (unpaired) electrons. The van der Waals surface area contributed by atoms with Gasteiger partial charge in [-0.2, -0.15) is 0 Å². The van der Waals surface area contributed by atoms with Gasteiger partial charge in [-0.1, -0.05) is 28.1 Å². The van der Waals surface area contributed by atoms with Crippen LogP contribution in [0.2, 0.25) is 0 Å². The highest BCUT2D eigenvalue weighted by molar-refractivity contribution is 9.10. The van der Waals surface area contributed by atoms with E-state index in [1.807, 2.05) is 0 Å². The van der Waals surface area contributed by atoms with E-state index in [0.717, 1.165) is 4.47 Å². The fourth-order valence-corrected chi connectivity index (χ4v) is 1.91. The summed E-state index contributed by atoms with van der Waals surface area (Å²) in [5.74, 6) is -0.362. The van der Waals surface area contributed by atoms with Gasteiger partial charge in [0.05, 0.1) is 18.7 Å². The van der Waals surface area contributed by atoms with Gasteiger partial charge in [0.15, 0.2) is 0 Å². The molecule has 1 aromatic rings. The lowest BCUT2D eigenvalue weighted by atomic mass is 10.1. The normalized spacial score (nSPS) is 10.6. The molecule has 0 aliphatic heterocycles. The van der Waals surface area contributed by atoms with Crippen LogP contribution in [0.25, 0.3) is 0 Å². The van der Waals surface area contributed by atoms with Crippen LogP contribution >= 0.6 is 28.1 Å². The number of hydrogen-bond acceptors (Lipinski definition) is 3. The molecule has 1 amide bonds. The summed E-state index contributed by atoms with van der Waals surface area (Å²) in [6.45, 7) is -0.751. The smallest absolute Gasteiger partial charge is 0.261 e. The van der Waals surface area contributed by atoms with Gasteiger partial charge in [0.2, 0.25) is 5.91 Å². The summed E-state index contributed by atoms with van der Waals surface area (Å²) in [4.78, 5) is 11.8. The van der Waals surface area contributed by atoms with Crippen molar-refractivity contribution in [2.24, 2.45) is 5.73 Å². The molecule has 110 valence electrons. The van der Waals surface area contributed by atoms with Crippen molar-refractivity contribution >= 4 is 44.7 Å². The summed E-state index contributed by atoms with van der Waals surface area (Å²) in [5.41, 5.74) is 6.56. The lowest BCUT2D eigenvalue weighted by Gasteiger charge is -2.11. The van der Waals surface area contributed by atoms with Crippen LogP contribution < -0.4 is 11.1 Å². The molecule has 0 heterocycles. The fourth-order valence-electron chi connectivity index (χ4n) is 1.38. The van der Waals surface area contributed by atoms with Gasteiger partial charge in [-0.05, 0) is 18.2 Å². The van der Waals surface area contributed by atoms with E-state index in [2.05, 4.69) is 26.0 Å². The molecule has 0 spiro atoms. The molecule has 1 aromatic carbocycles. The monoisotopic (exact) mass is 366 g/mol. The zero-order chi connectivity index (χ0) is 15.1. The molecule has 0 bridgehead atoms. The standard InChI is InChI=1S/C12H13BrF2N2O2S/c13-7-1-2-9(8(5-7)12(16)20)17-11(18)3-4-19-6-10(14)15/h1-2,5,10H,3-4,6H2,(H2,16,20)(H,17,18). The Hall–Kier alpha value is -1.12. The third kappa shape index (κ3) is 5.89. The second-order valence-corrected chi connectivity index (χ2v) is 5.17. The van der Waals surface area contributed by atoms with E-state index in [0.29, 0.717) is 11.3 Å². The Bertz CT molecular complexity index is 500. The lowest BCUT2D eigenvalue weighted by molar-refractivity contribution is -0.117. The van der Waals surface area contributed by atoms with E-state index >= 15 is 0 Å². The maximum atomic E-state index is 11.8. The number of benzene rings is 1. The highest BCUT2D eigenvalue weighted by Crippen LogP contribution is 2.21. The molecule has 0 aliphatic carbocycles. The van der Waals surface area contributed by atoms with Crippen LogP contribution in [0.3, 0.4) is 0 Å². The number of rotatable bonds is 7. The molecule has 8 heteroatoms. The van der Waals surface area contributed by atoms with Gasteiger partial charge in [-0.3, -0.25) is 4.79 Å². The first-order valence-electron chi connectivity index (χ1n) is 5.65. The average molecular weight is 367 g/mol. The van der Waals surface area contributed by atoms with Gasteiger partial charge in [0.1, 0.15) is 11.6 Å². The van der Waals surface area contributed by atoms with E-state index in [9.17, 15) is 13.6 Å². The van der Waals surface area contributed by atoms with Crippen LogP contribution in [0.1, 0.15) is 12.0 Å². The number of hydrogen-bond donors (Lipinski definition) is 2. The van der Waals surface area contributed by atoms with E-state index in [-0.39, 0.29) is 23.9 Å². The summed E-state index contributed by atoms with van der Waals surface area (Å²) >= 11 is 8.17. The molecular formula is C12H13BrF2N2O2S. The SMILES string of the molecule is NC(=S)c1cc(Br)ccc1NC(=O)CCOCC(F)F. The number of nitrogens with two attached hydrogens (primary N) is 1. The number of carbonyl (C=O) groups excluding carboxylic acids is 1. The first kappa shape index (κ1) is 16.9. The quantitative estimate of drug-likeness (QED) is 0.575. The van der Waals surface area contributed by atoms with E-state index in [4.69, 9.17) is 18.0 Å². The number of carbonyl (C=O) groups is 1. The fraction of sp³-hybridized carbons (Fsp3) is 0.333. The maximum Gasteiger partial charge on any atom is 0.261 e. The van der Waals surface area contributed by atoms with Gasteiger partial charge in [0, 0.05) is 10.0 Å². The van der Waals surface area contributed by atoms with Crippen LogP contribution in [0, 0.1) is 0 Å². The van der Waals surface area contributed by atoms with Gasteiger partial charge in [0.25, 0.3) is 6.43 Å². The maximum absolute atomic E-state index is 11.8. The third-order valence-electron chi connectivity index (χ3n) is 2.24. The topological polar surface area (TPSA) is 64.3 Å². The lowest BCUT2D eigenvalue weighted by Crippen LogP contribution is -2.19. The second-order valence-electron chi connectivity index (χ2n) is 3.82. The Kier molecular flexibility index (Phi) is 6.97. The van der Waals surface area contributed by atoms with Crippen LogP contribution in [0.5, 0.6) is 0 Å². The van der Waals surface area contributed by atoms with Crippen molar-refractivity contribution in [2.75, 3.05) is 18.5 Å². The molecule has 0 unspecified atom stereocenters. The number of anilines is 1. The van der Waals surface area contributed by atoms with Gasteiger partial charge in [-0.25, -0.2) is 8.78 Å². The molecule has 0 fully saturated rings. The zero-order valence-electron chi connectivity index (χ0n) is 10.4. The second kappa shape index (κ2) is 8.23. The first-order valence-corrected chi connectivity index (χ1v) is 6.85. The van der Waals surface area contributed by atoms with E-state index < -0.39 is 13.0 Å². The largest absolute Gasteiger partial charge is 0.389 e. The Balaban J connectivity index is 2.55. The summed E-state index contributed by atoms with van der Waals surface area (Å²) in [5, 5.41) is 2.61. The first-order chi connectivity index (χ1) is 9.40. The molecule has 1 rings (SSSR count). The molecule has 0 aromatic heterocycles. The Labute approximate surface area is 128 Å². The van der Waals surface area contributed by atoms with Crippen LogP contribution in [0.4, 0.5) is 14.5 Å². The minimum absolute atomic E-state index is 0.0282. The highest BCUT2D eigenvalue weighted by atomic mass is 79.9. The van der Waals surface area contributed by atoms with Gasteiger partial charge < -0.3 is 15.8 Å². The van der Waals surface area contributed by atoms with Crippen molar-refractivity contribution in [2.45, 2.75) is 12.8 Å². The minimum atomic E-state index is -2.54. The van der Waals surface area contributed by atoms with Crippen LogP contribution in [0.15, 0.2) is 22.7 Å². The number of nitrogens with one attached hydrogen (secondary N) is 1. The molecule has 0 atom stereocenters. The predicted molar refractivity (Wildman–Crippen MR) is 80.1 cm³/mol. The molecule has 20 heavy (non-hydrogen) atoms. The van der Waals surface area contributed by atoms with Gasteiger partial charge in [-0.15, -0.1) is 0 Å². The number of alkyl halides is 2. The third-order valence-corrected chi connectivity index (χ3v) is 2.95. The average Bonchev–Trinajstić information content (AvgIpc) is 2.36. The number of halogens is 3. The summed E-state index contributed by atoms with van der Waals surface area (Å²) in [6.07, 6.45) is -2.56. The minimum Gasteiger partial charge on any atom is -0.389 e. The van der Waals surface area contributed by atoms with Crippen molar-refractivity contribution < 1.29 is 18.3 Å². The van der Waals surface area contributed by atoms with Crippen molar-refractivity contribution in [1.82, 2.24) is 0 Å². The molecular weight excluding hydrogens is 354 g/mol. The van der Waals surface area contributed by atoms with Crippen molar-refractivity contribution in [3.05, 3.63) is 28.2 Å². The number of amides is 1. The Morgan fingerprint density at radius 1 is 1.50 bits per heavy atom. The number of thiocarbonyl (C=S) groups is 1. The molecule has 3 N–H and O–H groups in total. The molecule has 4 nitrogen and oxygen atoms in total. The predicted octanol–water partition coefficient (Wildman–Crippen LogP) is 2.69.